The third-order valence-corrected chi connectivity index (χ3v) is 3.88. The molecule has 114 valence electrons. The van der Waals surface area contributed by atoms with Gasteiger partial charge in [0.1, 0.15) is 12.2 Å². The second kappa shape index (κ2) is 7.25. The van der Waals surface area contributed by atoms with E-state index in [0.717, 1.165) is 17.9 Å². The van der Waals surface area contributed by atoms with E-state index in [1.165, 1.54) is 0 Å². The number of aromatic nitrogens is 3. The minimum absolute atomic E-state index is 0.0475. The smallest absolute Gasteiger partial charge is 0.138 e. The summed E-state index contributed by atoms with van der Waals surface area (Å²) < 4.78 is 1.95. The minimum atomic E-state index is 0.0475. The highest BCUT2D eigenvalue weighted by Gasteiger charge is 2.17. The highest BCUT2D eigenvalue weighted by Crippen LogP contribution is 2.28. The molecule has 1 unspecified atom stereocenters. The molecule has 0 saturated carbocycles. The second-order valence-corrected chi connectivity index (χ2v) is 6.31. The van der Waals surface area contributed by atoms with Gasteiger partial charge in [0.15, 0.2) is 0 Å². The largest absolute Gasteiger partial charge is 0.313 e. The van der Waals surface area contributed by atoms with Crippen LogP contribution in [-0.2, 0) is 13.0 Å². The van der Waals surface area contributed by atoms with Crippen molar-refractivity contribution in [1.82, 2.24) is 20.1 Å². The zero-order valence-corrected chi connectivity index (χ0v) is 14.0. The van der Waals surface area contributed by atoms with Crippen molar-refractivity contribution >= 4 is 23.2 Å². The topological polar surface area (TPSA) is 42.7 Å². The number of rotatable bonds is 6. The average Bonchev–Trinajstić information content (AvgIpc) is 2.85. The molecule has 0 amide bonds. The first-order valence-electron chi connectivity index (χ1n) is 7.00. The van der Waals surface area contributed by atoms with Gasteiger partial charge in [-0.25, -0.2) is 9.67 Å². The fourth-order valence-corrected chi connectivity index (χ4v) is 2.71. The lowest BCUT2D eigenvalue weighted by Gasteiger charge is -2.18. The van der Waals surface area contributed by atoms with Gasteiger partial charge in [-0.2, -0.15) is 5.10 Å². The van der Waals surface area contributed by atoms with Crippen LogP contribution < -0.4 is 5.32 Å². The highest BCUT2D eigenvalue weighted by atomic mass is 35.5. The molecule has 1 aromatic heterocycles. The highest BCUT2D eigenvalue weighted by molar-refractivity contribution is 6.33. The van der Waals surface area contributed by atoms with Crippen LogP contribution in [-0.4, -0.2) is 21.8 Å². The van der Waals surface area contributed by atoms with Crippen molar-refractivity contribution in [2.24, 2.45) is 5.92 Å². The van der Waals surface area contributed by atoms with Crippen LogP contribution in [0.3, 0.4) is 0 Å². The van der Waals surface area contributed by atoms with Gasteiger partial charge in [-0.15, -0.1) is 0 Å². The van der Waals surface area contributed by atoms with Crippen LogP contribution in [0.15, 0.2) is 24.5 Å². The van der Waals surface area contributed by atoms with Gasteiger partial charge < -0.3 is 5.32 Å². The quantitative estimate of drug-likeness (QED) is 0.879. The Bertz CT molecular complexity index is 595. The van der Waals surface area contributed by atoms with Gasteiger partial charge in [-0.1, -0.05) is 37.0 Å². The Labute approximate surface area is 135 Å². The molecular formula is C15H20Cl2N4. The molecule has 21 heavy (non-hydrogen) atoms. The molecule has 0 bridgehead atoms. The standard InChI is InChI=1S/C15H20Cl2N4/c1-10(2)8-21-15(19-9-20-21)7-14(18-3)12-6-11(16)4-5-13(12)17/h4-6,9-10,14,18H,7-8H2,1-3H3. The molecular weight excluding hydrogens is 307 g/mol. The van der Waals surface area contributed by atoms with Crippen molar-refractivity contribution in [2.75, 3.05) is 7.05 Å². The van der Waals surface area contributed by atoms with Gasteiger partial charge in [0, 0.05) is 29.1 Å². The maximum Gasteiger partial charge on any atom is 0.138 e. The first-order valence-corrected chi connectivity index (χ1v) is 7.75. The zero-order chi connectivity index (χ0) is 15.4. The van der Waals surface area contributed by atoms with Gasteiger partial charge >= 0.3 is 0 Å². The molecule has 0 spiro atoms. The van der Waals surface area contributed by atoms with Gasteiger partial charge in [0.2, 0.25) is 0 Å². The van der Waals surface area contributed by atoms with Crippen molar-refractivity contribution in [2.45, 2.75) is 32.9 Å². The predicted molar refractivity (Wildman–Crippen MR) is 86.8 cm³/mol. The SMILES string of the molecule is CNC(Cc1ncnn1CC(C)C)c1cc(Cl)ccc1Cl. The van der Waals surface area contributed by atoms with Crippen molar-refractivity contribution in [3.05, 3.63) is 46.0 Å². The molecule has 1 heterocycles. The zero-order valence-electron chi connectivity index (χ0n) is 12.5. The molecule has 0 radical (unpaired) electrons. The lowest BCUT2D eigenvalue weighted by molar-refractivity contribution is 0.451. The molecule has 6 heteroatoms. The molecule has 4 nitrogen and oxygen atoms in total. The number of halogens is 2. The van der Waals surface area contributed by atoms with E-state index >= 15 is 0 Å². The van der Waals surface area contributed by atoms with Crippen LogP contribution in [0.4, 0.5) is 0 Å². The molecule has 1 atom stereocenters. The van der Waals surface area contributed by atoms with E-state index < -0.39 is 0 Å². The number of likely N-dealkylation sites (N-methyl/N-ethyl adjacent to an activating group) is 1. The van der Waals surface area contributed by atoms with Gasteiger partial charge in [-0.05, 0) is 36.7 Å². The summed E-state index contributed by atoms with van der Waals surface area (Å²) >= 11 is 12.4. The Balaban J connectivity index is 2.23. The van der Waals surface area contributed by atoms with Crippen LogP contribution in [0.25, 0.3) is 0 Å². The third-order valence-electron chi connectivity index (χ3n) is 3.30. The van der Waals surface area contributed by atoms with Crippen molar-refractivity contribution < 1.29 is 0 Å². The number of hydrogen-bond acceptors (Lipinski definition) is 3. The Morgan fingerprint density at radius 2 is 2.05 bits per heavy atom. The summed E-state index contributed by atoms with van der Waals surface area (Å²) in [5.74, 6) is 1.47. The van der Waals surface area contributed by atoms with Gasteiger partial charge in [0.25, 0.3) is 0 Å². The summed E-state index contributed by atoms with van der Waals surface area (Å²) in [5, 5.41) is 8.96. The molecule has 0 aliphatic heterocycles. The molecule has 0 aliphatic rings. The fourth-order valence-electron chi connectivity index (χ4n) is 2.28. The second-order valence-electron chi connectivity index (χ2n) is 5.46. The normalized spacial score (nSPS) is 12.9. The molecule has 1 N–H and O–H groups in total. The van der Waals surface area contributed by atoms with Crippen LogP contribution in [0.1, 0.15) is 31.3 Å². The first-order chi connectivity index (χ1) is 10.0. The molecule has 1 aromatic carbocycles. The van der Waals surface area contributed by atoms with Crippen LogP contribution >= 0.6 is 23.2 Å². The van der Waals surface area contributed by atoms with Crippen LogP contribution in [0.5, 0.6) is 0 Å². The Hall–Kier alpha value is -1.10. The van der Waals surface area contributed by atoms with Crippen molar-refractivity contribution in [3.63, 3.8) is 0 Å². The van der Waals surface area contributed by atoms with Crippen LogP contribution in [0.2, 0.25) is 10.0 Å². The van der Waals surface area contributed by atoms with E-state index in [2.05, 4.69) is 29.2 Å². The van der Waals surface area contributed by atoms with E-state index in [1.54, 1.807) is 12.4 Å². The number of benzene rings is 1. The van der Waals surface area contributed by atoms with E-state index in [1.807, 2.05) is 23.9 Å². The van der Waals surface area contributed by atoms with E-state index in [-0.39, 0.29) is 6.04 Å². The summed E-state index contributed by atoms with van der Waals surface area (Å²) in [5.41, 5.74) is 0.978. The summed E-state index contributed by atoms with van der Waals surface area (Å²) in [7, 11) is 1.91. The lowest BCUT2D eigenvalue weighted by atomic mass is 10.0. The number of nitrogens with one attached hydrogen (secondary N) is 1. The molecule has 0 aliphatic carbocycles. The molecule has 2 aromatic rings. The molecule has 0 saturated heterocycles. The summed E-state index contributed by atoms with van der Waals surface area (Å²) in [4.78, 5) is 4.37. The van der Waals surface area contributed by atoms with E-state index in [4.69, 9.17) is 23.2 Å². The van der Waals surface area contributed by atoms with E-state index in [9.17, 15) is 0 Å². The Kier molecular flexibility index (Phi) is 5.62. The average molecular weight is 327 g/mol. The van der Waals surface area contributed by atoms with Crippen LogP contribution in [0, 0.1) is 5.92 Å². The fraction of sp³-hybridized carbons (Fsp3) is 0.467. The minimum Gasteiger partial charge on any atom is -0.313 e. The summed E-state index contributed by atoms with van der Waals surface area (Å²) in [6.07, 6.45) is 2.31. The van der Waals surface area contributed by atoms with E-state index in [0.29, 0.717) is 22.4 Å². The maximum absolute atomic E-state index is 6.29. The van der Waals surface area contributed by atoms with Crippen molar-refractivity contribution in [1.29, 1.82) is 0 Å². The predicted octanol–water partition coefficient (Wildman–Crippen LogP) is 3.74. The summed E-state index contributed by atoms with van der Waals surface area (Å²) in [6, 6.07) is 5.56. The number of hydrogen-bond donors (Lipinski definition) is 1. The Morgan fingerprint density at radius 1 is 1.29 bits per heavy atom. The third kappa shape index (κ3) is 4.19. The van der Waals surface area contributed by atoms with Gasteiger partial charge in [-0.3, -0.25) is 0 Å². The Morgan fingerprint density at radius 3 is 2.71 bits per heavy atom. The monoisotopic (exact) mass is 326 g/mol. The summed E-state index contributed by atoms with van der Waals surface area (Å²) in [6.45, 7) is 5.18. The number of nitrogens with zero attached hydrogens (tertiary/aromatic N) is 3. The first kappa shape index (κ1) is 16.3. The van der Waals surface area contributed by atoms with Gasteiger partial charge in [0.05, 0.1) is 0 Å². The lowest BCUT2D eigenvalue weighted by Crippen LogP contribution is -2.22. The molecule has 0 fully saturated rings. The maximum atomic E-state index is 6.29. The van der Waals surface area contributed by atoms with Crippen molar-refractivity contribution in [3.8, 4) is 0 Å². The molecule has 2 rings (SSSR count).